The van der Waals surface area contributed by atoms with Crippen LogP contribution >= 0.6 is 0 Å². The van der Waals surface area contributed by atoms with E-state index in [9.17, 15) is 4.79 Å². The third-order valence-corrected chi connectivity index (χ3v) is 2.75. The zero-order valence-corrected chi connectivity index (χ0v) is 10.8. The van der Waals surface area contributed by atoms with E-state index < -0.39 is 6.03 Å². The SMILES string of the molecule is N#Cc1ccccc1CNc1cccc(NC(N)=O)c1. The van der Waals surface area contributed by atoms with Crippen LogP contribution in [0.3, 0.4) is 0 Å². The molecule has 0 aliphatic rings. The lowest BCUT2D eigenvalue weighted by Crippen LogP contribution is -2.19. The van der Waals surface area contributed by atoms with Crippen LogP contribution in [0.15, 0.2) is 48.5 Å². The first-order valence-corrected chi connectivity index (χ1v) is 6.07. The predicted molar refractivity (Wildman–Crippen MR) is 78.1 cm³/mol. The van der Waals surface area contributed by atoms with Gasteiger partial charge in [-0.2, -0.15) is 5.26 Å². The first kappa shape index (κ1) is 13.4. The Bertz CT molecular complexity index is 661. The van der Waals surface area contributed by atoms with E-state index in [0.717, 1.165) is 11.3 Å². The molecule has 2 amide bonds. The molecule has 0 aromatic heterocycles. The van der Waals surface area contributed by atoms with Crippen molar-refractivity contribution in [1.82, 2.24) is 0 Å². The zero-order chi connectivity index (χ0) is 14.4. The highest BCUT2D eigenvalue weighted by Crippen LogP contribution is 2.16. The highest BCUT2D eigenvalue weighted by atomic mass is 16.2. The summed E-state index contributed by atoms with van der Waals surface area (Å²) in [5.74, 6) is 0. The number of primary amides is 1. The fraction of sp³-hybridized carbons (Fsp3) is 0.0667. The van der Waals surface area contributed by atoms with Gasteiger partial charge in [-0.3, -0.25) is 0 Å². The van der Waals surface area contributed by atoms with Gasteiger partial charge in [-0.15, -0.1) is 0 Å². The van der Waals surface area contributed by atoms with Crippen LogP contribution in [0.5, 0.6) is 0 Å². The number of nitrogens with one attached hydrogen (secondary N) is 2. The summed E-state index contributed by atoms with van der Waals surface area (Å²) in [6.45, 7) is 0.532. The van der Waals surface area contributed by atoms with Gasteiger partial charge < -0.3 is 16.4 Å². The van der Waals surface area contributed by atoms with Crippen LogP contribution in [0.1, 0.15) is 11.1 Å². The summed E-state index contributed by atoms with van der Waals surface area (Å²) in [4.78, 5) is 10.8. The molecule has 100 valence electrons. The fourth-order valence-corrected chi connectivity index (χ4v) is 1.83. The van der Waals surface area contributed by atoms with Crippen molar-refractivity contribution in [3.05, 3.63) is 59.7 Å². The number of anilines is 2. The third-order valence-electron chi connectivity index (χ3n) is 2.75. The second-order valence-electron chi connectivity index (χ2n) is 4.19. The molecule has 0 spiro atoms. The second-order valence-corrected chi connectivity index (χ2v) is 4.19. The molecule has 0 bridgehead atoms. The highest BCUT2D eigenvalue weighted by Gasteiger charge is 2.01. The maximum absolute atomic E-state index is 10.8. The number of nitrogens with zero attached hydrogens (tertiary/aromatic N) is 1. The Morgan fingerprint density at radius 2 is 1.90 bits per heavy atom. The summed E-state index contributed by atoms with van der Waals surface area (Å²) >= 11 is 0. The van der Waals surface area contributed by atoms with Gasteiger partial charge in [0.05, 0.1) is 11.6 Å². The minimum atomic E-state index is -0.600. The molecule has 5 heteroatoms. The fourth-order valence-electron chi connectivity index (χ4n) is 1.83. The van der Waals surface area contributed by atoms with Gasteiger partial charge in [0, 0.05) is 17.9 Å². The molecule has 0 heterocycles. The van der Waals surface area contributed by atoms with Gasteiger partial charge >= 0.3 is 6.03 Å². The minimum Gasteiger partial charge on any atom is -0.381 e. The van der Waals surface area contributed by atoms with E-state index in [1.165, 1.54) is 0 Å². The predicted octanol–water partition coefficient (Wildman–Crippen LogP) is 2.66. The van der Waals surface area contributed by atoms with Gasteiger partial charge in [0.15, 0.2) is 0 Å². The molecule has 0 atom stereocenters. The Morgan fingerprint density at radius 3 is 2.65 bits per heavy atom. The van der Waals surface area contributed by atoms with Gasteiger partial charge in [-0.05, 0) is 29.8 Å². The largest absolute Gasteiger partial charge is 0.381 e. The van der Waals surface area contributed by atoms with E-state index in [2.05, 4.69) is 16.7 Å². The number of carbonyl (C=O) groups is 1. The number of rotatable bonds is 4. The van der Waals surface area contributed by atoms with Crippen LogP contribution in [0, 0.1) is 11.3 Å². The van der Waals surface area contributed by atoms with Crippen molar-refractivity contribution in [1.29, 1.82) is 5.26 Å². The number of nitrogens with two attached hydrogens (primary N) is 1. The number of nitriles is 1. The number of urea groups is 1. The number of amides is 2. The molecule has 2 aromatic rings. The zero-order valence-electron chi connectivity index (χ0n) is 10.8. The molecule has 20 heavy (non-hydrogen) atoms. The molecule has 2 aromatic carbocycles. The van der Waals surface area contributed by atoms with Gasteiger partial charge in [0.25, 0.3) is 0 Å². The standard InChI is InChI=1S/C15H14N4O/c16-9-11-4-1-2-5-12(11)10-18-13-6-3-7-14(8-13)19-15(17)20/h1-8,18H,10H2,(H3,17,19,20). The van der Waals surface area contributed by atoms with E-state index in [4.69, 9.17) is 11.0 Å². The molecular weight excluding hydrogens is 252 g/mol. The van der Waals surface area contributed by atoms with Crippen molar-refractivity contribution >= 4 is 17.4 Å². The van der Waals surface area contributed by atoms with E-state index >= 15 is 0 Å². The maximum Gasteiger partial charge on any atom is 0.316 e. The Balaban J connectivity index is 2.07. The van der Waals surface area contributed by atoms with Gasteiger partial charge in [-0.25, -0.2) is 4.79 Å². The summed E-state index contributed by atoms with van der Waals surface area (Å²) in [5.41, 5.74) is 8.09. The Morgan fingerprint density at radius 1 is 1.15 bits per heavy atom. The van der Waals surface area contributed by atoms with Crippen LogP contribution in [0.4, 0.5) is 16.2 Å². The molecule has 5 nitrogen and oxygen atoms in total. The van der Waals surface area contributed by atoms with Crippen molar-refractivity contribution < 1.29 is 4.79 Å². The van der Waals surface area contributed by atoms with Crippen LogP contribution in [0.2, 0.25) is 0 Å². The lowest BCUT2D eigenvalue weighted by molar-refractivity contribution is 0.259. The third kappa shape index (κ3) is 3.50. The van der Waals surface area contributed by atoms with Crippen molar-refractivity contribution in [3.63, 3.8) is 0 Å². The van der Waals surface area contributed by atoms with E-state index in [1.54, 1.807) is 18.2 Å². The van der Waals surface area contributed by atoms with Crippen molar-refractivity contribution in [2.45, 2.75) is 6.54 Å². The molecule has 0 fully saturated rings. The normalized spacial score (nSPS) is 9.55. The van der Waals surface area contributed by atoms with Gasteiger partial charge in [0.1, 0.15) is 0 Å². The summed E-state index contributed by atoms with van der Waals surface area (Å²) in [5, 5.41) is 14.7. The van der Waals surface area contributed by atoms with E-state index in [1.807, 2.05) is 30.3 Å². The first-order chi connectivity index (χ1) is 9.69. The van der Waals surface area contributed by atoms with Crippen LogP contribution in [-0.4, -0.2) is 6.03 Å². The number of carbonyl (C=O) groups excluding carboxylic acids is 1. The minimum absolute atomic E-state index is 0.532. The van der Waals surface area contributed by atoms with E-state index in [-0.39, 0.29) is 0 Å². The molecule has 2 rings (SSSR count). The van der Waals surface area contributed by atoms with Gasteiger partial charge in [-0.1, -0.05) is 24.3 Å². The van der Waals surface area contributed by atoms with Crippen LogP contribution in [0.25, 0.3) is 0 Å². The average molecular weight is 266 g/mol. The number of hydrogen-bond donors (Lipinski definition) is 3. The van der Waals surface area contributed by atoms with Crippen molar-refractivity contribution in [3.8, 4) is 6.07 Å². The number of hydrogen-bond acceptors (Lipinski definition) is 3. The topological polar surface area (TPSA) is 90.9 Å². The lowest BCUT2D eigenvalue weighted by Gasteiger charge is -2.09. The van der Waals surface area contributed by atoms with Crippen molar-refractivity contribution in [2.24, 2.45) is 5.73 Å². The Hall–Kier alpha value is -3.00. The molecule has 4 N–H and O–H groups in total. The monoisotopic (exact) mass is 266 g/mol. The van der Waals surface area contributed by atoms with Crippen LogP contribution in [-0.2, 0) is 6.54 Å². The number of benzene rings is 2. The molecule has 0 aliphatic heterocycles. The van der Waals surface area contributed by atoms with E-state index in [0.29, 0.717) is 17.8 Å². The summed E-state index contributed by atoms with van der Waals surface area (Å²) in [6, 6.07) is 16.2. The molecule has 0 unspecified atom stereocenters. The highest BCUT2D eigenvalue weighted by molar-refractivity contribution is 5.88. The average Bonchev–Trinajstić information content (AvgIpc) is 2.45. The Labute approximate surface area is 117 Å². The molecule has 0 saturated carbocycles. The second kappa shape index (κ2) is 6.25. The van der Waals surface area contributed by atoms with Crippen LogP contribution < -0.4 is 16.4 Å². The molecular formula is C15H14N4O. The van der Waals surface area contributed by atoms with Gasteiger partial charge in [0.2, 0.25) is 0 Å². The Kier molecular flexibility index (Phi) is 4.20. The molecule has 0 radical (unpaired) electrons. The maximum atomic E-state index is 10.8. The lowest BCUT2D eigenvalue weighted by atomic mass is 10.1. The molecule has 0 saturated heterocycles. The quantitative estimate of drug-likeness (QED) is 0.794. The summed E-state index contributed by atoms with van der Waals surface area (Å²) in [6.07, 6.45) is 0. The first-order valence-electron chi connectivity index (χ1n) is 6.07. The smallest absolute Gasteiger partial charge is 0.316 e. The molecule has 0 aliphatic carbocycles. The summed E-state index contributed by atoms with van der Waals surface area (Å²) < 4.78 is 0. The summed E-state index contributed by atoms with van der Waals surface area (Å²) in [7, 11) is 0. The van der Waals surface area contributed by atoms with Crippen molar-refractivity contribution in [2.75, 3.05) is 10.6 Å².